The van der Waals surface area contributed by atoms with Crippen LogP contribution in [-0.2, 0) is 0 Å². The molecule has 2 heterocycles. The topological polar surface area (TPSA) is 124 Å². The standard InChI is InChI=1S/C13H19N5O3/c1-18-6-3-13(4-7-18,12(14)17-21)16-11(20)9-8-15-5-2-10(9)19/h2,5,8,21H,3-4,6-7H2,1H3,(H2,14,17)(H,15,19)(H,16,20). The first-order chi connectivity index (χ1) is 9.98. The highest BCUT2D eigenvalue weighted by atomic mass is 16.4. The number of carbonyl (C=O) groups is 1. The van der Waals surface area contributed by atoms with Crippen molar-refractivity contribution in [2.24, 2.45) is 10.9 Å². The summed E-state index contributed by atoms with van der Waals surface area (Å²) < 4.78 is 0. The zero-order valence-corrected chi connectivity index (χ0v) is 11.8. The number of piperidine rings is 1. The van der Waals surface area contributed by atoms with E-state index in [2.05, 4.69) is 20.4 Å². The molecule has 21 heavy (non-hydrogen) atoms. The monoisotopic (exact) mass is 293 g/mol. The van der Waals surface area contributed by atoms with Crippen LogP contribution in [0.15, 0.2) is 28.4 Å². The number of aromatic amines is 1. The van der Waals surface area contributed by atoms with Crippen LogP contribution in [0.1, 0.15) is 23.2 Å². The van der Waals surface area contributed by atoms with Crippen LogP contribution in [0.5, 0.6) is 0 Å². The molecule has 5 N–H and O–H groups in total. The second kappa shape index (κ2) is 5.96. The smallest absolute Gasteiger partial charge is 0.257 e. The molecule has 1 fully saturated rings. The number of nitrogens with zero attached hydrogens (tertiary/aromatic N) is 2. The molecule has 0 saturated carbocycles. The molecule has 114 valence electrons. The molecule has 0 radical (unpaired) electrons. The van der Waals surface area contributed by atoms with Crippen molar-refractivity contribution in [3.05, 3.63) is 34.2 Å². The molecule has 1 aromatic heterocycles. The van der Waals surface area contributed by atoms with Crippen molar-refractivity contribution in [2.45, 2.75) is 18.4 Å². The van der Waals surface area contributed by atoms with E-state index in [1.165, 1.54) is 18.5 Å². The lowest BCUT2D eigenvalue weighted by atomic mass is 9.86. The van der Waals surface area contributed by atoms with Gasteiger partial charge >= 0.3 is 0 Å². The molecule has 1 saturated heterocycles. The molecule has 1 aromatic rings. The van der Waals surface area contributed by atoms with Crippen LogP contribution >= 0.6 is 0 Å². The number of nitrogens with two attached hydrogens (primary N) is 1. The predicted octanol–water partition coefficient (Wildman–Crippen LogP) is -0.684. The summed E-state index contributed by atoms with van der Waals surface area (Å²) in [5, 5.41) is 14.8. The Morgan fingerprint density at radius 1 is 1.52 bits per heavy atom. The highest BCUT2D eigenvalue weighted by molar-refractivity contribution is 6.00. The van der Waals surface area contributed by atoms with Gasteiger partial charge in [0.15, 0.2) is 11.3 Å². The Labute approximate surface area is 121 Å². The Morgan fingerprint density at radius 2 is 2.19 bits per heavy atom. The molecule has 0 bridgehead atoms. The van der Waals surface area contributed by atoms with E-state index in [-0.39, 0.29) is 16.8 Å². The van der Waals surface area contributed by atoms with Gasteiger partial charge in [-0.15, -0.1) is 0 Å². The Morgan fingerprint density at radius 3 is 2.76 bits per heavy atom. The number of hydrogen-bond donors (Lipinski definition) is 4. The maximum atomic E-state index is 12.3. The summed E-state index contributed by atoms with van der Waals surface area (Å²) in [7, 11) is 1.96. The fraction of sp³-hybridized carbons (Fsp3) is 0.462. The van der Waals surface area contributed by atoms with E-state index in [1.807, 2.05) is 7.05 Å². The number of hydrogen-bond acceptors (Lipinski definition) is 5. The quantitative estimate of drug-likeness (QED) is 0.254. The van der Waals surface area contributed by atoms with E-state index in [0.29, 0.717) is 25.9 Å². The van der Waals surface area contributed by atoms with E-state index >= 15 is 0 Å². The highest BCUT2D eigenvalue weighted by Gasteiger charge is 2.40. The highest BCUT2D eigenvalue weighted by Crippen LogP contribution is 2.22. The fourth-order valence-corrected chi connectivity index (χ4v) is 2.42. The maximum Gasteiger partial charge on any atom is 0.257 e. The van der Waals surface area contributed by atoms with Gasteiger partial charge < -0.3 is 26.1 Å². The maximum absolute atomic E-state index is 12.3. The molecular formula is C13H19N5O3. The first-order valence-electron chi connectivity index (χ1n) is 6.65. The van der Waals surface area contributed by atoms with E-state index in [0.717, 1.165) is 0 Å². The van der Waals surface area contributed by atoms with Gasteiger partial charge in [0.25, 0.3) is 5.91 Å². The zero-order valence-electron chi connectivity index (χ0n) is 11.8. The Kier molecular flexibility index (Phi) is 4.27. The third-order valence-corrected chi connectivity index (χ3v) is 3.86. The average molecular weight is 293 g/mol. The number of amidine groups is 1. The number of oxime groups is 1. The molecular weight excluding hydrogens is 274 g/mol. The van der Waals surface area contributed by atoms with Crippen LogP contribution in [0.2, 0.25) is 0 Å². The zero-order chi connectivity index (χ0) is 15.5. The van der Waals surface area contributed by atoms with Gasteiger partial charge in [0.05, 0.1) is 0 Å². The van der Waals surface area contributed by atoms with Crippen molar-refractivity contribution in [3.8, 4) is 0 Å². The molecule has 0 aliphatic carbocycles. The SMILES string of the molecule is CN1CCC(NC(=O)c2c[nH]ccc2=O)(/C(N)=N/O)CC1. The largest absolute Gasteiger partial charge is 0.409 e. The summed E-state index contributed by atoms with van der Waals surface area (Å²) in [5.74, 6) is -0.579. The van der Waals surface area contributed by atoms with Gasteiger partial charge in [-0.25, -0.2) is 0 Å². The molecule has 0 unspecified atom stereocenters. The van der Waals surface area contributed by atoms with Crippen LogP contribution in [0.4, 0.5) is 0 Å². The summed E-state index contributed by atoms with van der Waals surface area (Å²) in [6, 6.07) is 1.28. The fourth-order valence-electron chi connectivity index (χ4n) is 2.42. The number of aromatic nitrogens is 1. The van der Waals surface area contributed by atoms with E-state index in [1.54, 1.807) is 0 Å². The number of carbonyl (C=O) groups excluding carboxylic acids is 1. The van der Waals surface area contributed by atoms with Gasteiger partial charge in [0, 0.05) is 31.5 Å². The van der Waals surface area contributed by atoms with Gasteiger partial charge in [-0.1, -0.05) is 5.16 Å². The van der Waals surface area contributed by atoms with Crippen molar-refractivity contribution >= 4 is 11.7 Å². The molecule has 0 aromatic carbocycles. The molecule has 1 amide bonds. The van der Waals surface area contributed by atoms with Crippen LogP contribution in [0.3, 0.4) is 0 Å². The molecule has 1 aliphatic rings. The van der Waals surface area contributed by atoms with Crippen molar-refractivity contribution in [1.29, 1.82) is 0 Å². The van der Waals surface area contributed by atoms with E-state index < -0.39 is 11.4 Å². The van der Waals surface area contributed by atoms with Gasteiger partial charge in [0.1, 0.15) is 11.1 Å². The predicted molar refractivity (Wildman–Crippen MR) is 77.4 cm³/mol. The minimum atomic E-state index is -0.930. The summed E-state index contributed by atoms with van der Waals surface area (Å²) in [6.07, 6.45) is 3.81. The summed E-state index contributed by atoms with van der Waals surface area (Å²) in [6.45, 7) is 1.39. The molecule has 0 spiro atoms. The van der Waals surface area contributed by atoms with Gasteiger partial charge in [-0.2, -0.15) is 0 Å². The second-order valence-electron chi connectivity index (χ2n) is 5.25. The van der Waals surface area contributed by atoms with Crippen molar-refractivity contribution in [1.82, 2.24) is 15.2 Å². The minimum absolute atomic E-state index is 0.00143. The Balaban J connectivity index is 2.26. The first kappa shape index (κ1) is 15.0. The van der Waals surface area contributed by atoms with Crippen LogP contribution in [0.25, 0.3) is 0 Å². The number of pyridine rings is 1. The first-order valence-corrected chi connectivity index (χ1v) is 6.65. The van der Waals surface area contributed by atoms with E-state index in [4.69, 9.17) is 10.9 Å². The lowest BCUT2D eigenvalue weighted by Gasteiger charge is -2.40. The summed E-state index contributed by atoms with van der Waals surface area (Å²) >= 11 is 0. The summed E-state index contributed by atoms with van der Waals surface area (Å²) in [4.78, 5) is 28.8. The molecule has 1 aliphatic heterocycles. The lowest BCUT2D eigenvalue weighted by Crippen LogP contribution is -2.62. The van der Waals surface area contributed by atoms with Crippen LogP contribution in [-0.4, -0.2) is 52.5 Å². The van der Waals surface area contributed by atoms with Crippen molar-refractivity contribution in [3.63, 3.8) is 0 Å². The molecule has 0 atom stereocenters. The molecule has 8 nitrogen and oxygen atoms in total. The van der Waals surface area contributed by atoms with E-state index in [9.17, 15) is 9.59 Å². The van der Waals surface area contributed by atoms with Crippen molar-refractivity contribution < 1.29 is 10.0 Å². The second-order valence-corrected chi connectivity index (χ2v) is 5.25. The average Bonchev–Trinajstić information content (AvgIpc) is 2.49. The molecule has 8 heteroatoms. The lowest BCUT2D eigenvalue weighted by molar-refractivity contribution is 0.0885. The molecule has 2 rings (SSSR count). The van der Waals surface area contributed by atoms with Gasteiger partial charge in [-0.3, -0.25) is 9.59 Å². The van der Waals surface area contributed by atoms with Crippen LogP contribution < -0.4 is 16.5 Å². The van der Waals surface area contributed by atoms with Gasteiger partial charge in [0.2, 0.25) is 0 Å². The number of rotatable bonds is 3. The van der Waals surface area contributed by atoms with Gasteiger partial charge in [-0.05, 0) is 19.9 Å². The number of H-pyrrole nitrogens is 1. The Hall–Kier alpha value is -2.35. The number of nitrogens with one attached hydrogen (secondary N) is 2. The number of amides is 1. The number of likely N-dealkylation sites (tertiary alicyclic amines) is 1. The normalized spacial score (nSPS) is 19.2. The Bertz CT molecular complexity index is 602. The van der Waals surface area contributed by atoms with Crippen LogP contribution in [0, 0.1) is 0 Å². The third-order valence-electron chi connectivity index (χ3n) is 3.86. The minimum Gasteiger partial charge on any atom is -0.409 e. The third kappa shape index (κ3) is 3.05. The van der Waals surface area contributed by atoms with Crippen molar-refractivity contribution in [2.75, 3.05) is 20.1 Å². The summed E-state index contributed by atoms with van der Waals surface area (Å²) in [5.41, 5.74) is 4.46.